The molecular weight excluding hydrogens is 441 g/mol. The van der Waals surface area contributed by atoms with Crippen LogP contribution in [-0.2, 0) is 17.4 Å². The molecule has 0 bridgehead atoms. The maximum atomic E-state index is 12.9. The summed E-state index contributed by atoms with van der Waals surface area (Å²) in [5.74, 6) is -0.531. The Morgan fingerprint density at radius 2 is 1.50 bits per heavy atom. The number of halogens is 4. The molecule has 0 aliphatic heterocycles. The molecule has 0 atom stereocenters. The Balaban J connectivity index is 1.48. The van der Waals surface area contributed by atoms with E-state index in [4.69, 9.17) is 11.6 Å². The summed E-state index contributed by atoms with van der Waals surface area (Å²) in [5, 5.41) is 5.97. The second-order valence-electron chi connectivity index (χ2n) is 7.07. The second-order valence-corrected chi connectivity index (χ2v) is 7.50. The molecule has 0 saturated carbocycles. The maximum Gasteiger partial charge on any atom is 0.416 e. The molecule has 0 spiro atoms. The van der Waals surface area contributed by atoms with Gasteiger partial charge in [0.15, 0.2) is 0 Å². The third kappa shape index (κ3) is 6.59. The van der Waals surface area contributed by atoms with Gasteiger partial charge in [-0.25, -0.2) is 0 Å². The van der Waals surface area contributed by atoms with Crippen LogP contribution in [0.5, 0.6) is 0 Å². The number of carbonyl (C=O) groups is 2. The number of carbonyl (C=O) groups excluding carboxylic acids is 2. The predicted molar refractivity (Wildman–Crippen MR) is 117 cm³/mol. The van der Waals surface area contributed by atoms with Crippen molar-refractivity contribution in [3.05, 3.63) is 94.5 Å². The third-order valence-electron chi connectivity index (χ3n) is 4.66. The van der Waals surface area contributed by atoms with Crippen molar-refractivity contribution in [2.24, 2.45) is 0 Å². The Morgan fingerprint density at radius 3 is 2.19 bits per heavy atom. The summed E-state index contributed by atoms with van der Waals surface area (Å²) in [6.45, 7) is 0.489. The highest BCUT2D eigenvalue weighted by molar-refractivity contribution is 6.30. The lowest BCUT2D eigenvalue weighted by Crippen LogP contribution is -2.35. The molecule has 166 valence electrons. The molecule has 4 nitrogen and oxygen atoms in total. The van der Waals surface area contributed by atoms with Crippen molar-refractivity contribution in [1.82, 2.24) is 10.6 Å². The highest BCUT2D eigenvalue weighted by atomic mass is 35.5. The summed E-state index contributed by atoms with van der Waals surface area (Å²) in [4.78, 5) is 24.2. The minimum absolute atomic E-state index is 0.186. The van der Waals surface area contributed by atoms with Crippen LogP contribution in [0.3, 0.4) is 0 Å². The Kier molecular flexibility index (Phi) is 7.53. The molecule has 2 amide bonds. The molecule has 0 heterocycles. The topological polar surface area (TPSA) is 58.2 Å². The lowest BCUT2D eigenvalue weighted by Gasteiger charge is -2.10. The first-order valence-electron chi connectivity index (χ1n) is 9.79. The van der Waals surface area contributed by atoms with Gasteiger partial charge in [0.1, 0.15) is 0 Å². The molecule has 0 aliphatic carbocycles. The first kappa shape index (κ1) is 23.3. The number of benzene rings is 3. The van der Waals surface area contributed by atoms with E-state index < -0.39 is 11.7 Å². The van der Waals surface area contributed by atoms with Gasteiger partial charge in [-0.05, 0) is 53.1 Å². The Morgan fingerprint density at radius 1 is 0.812 bits per heavy atom. The van der Waals surface area contributed by atoms with E-state index in [0.29, 0.717) is 21.7 Å². The number of amides is 2. The van der Waals surface area contributed by atoms with E-state index in [1.165, 1.54) is 6.07 Å². The second kappa shape index (κ2) is 10.3. The fourth-order valence-corrected chi connectivity index (χ4v) is 3.28. The summed E-state index contributed by atoms with van der Waals surface area (Å²) in [6.07, 6.45) is -4.23. The minimum Gasteiger partial charge on any atom is -0.354 e. The van der Waals surface area contributed by atoms with E-state index in [1.54, 1.807) is 54.6 Å². The van der Waals surface area contributed by atoms with Crippen molar-refractivity contribution in [1.29, 1.82) is 0 Å². The molecule has 0 saturated heterocycles. The van der Waals surface area contributed by atoms with Gasteiger partial charge in [-0.2, -0.15) is 13.2 Å². The van der Waals surface area contributed by atoms with Crippen molar-refractivity contribution in [3.8, 4) is 11.1 Å². The van der Waals surface area contributed by atoms with Gasteiger partial charge in [0.05, 0.1) is 12.0 Å². The first-order valence-corrected chi connectivity index (χ1v) is 10.2. The van der Waals surface area contributed by atoms with Crippen molar-refractivity contribution in [2.45, 2.75) is 12.6 Å². The summed E-state index contributed by atoms with van der Waals surface area (Å²) >= 11 is 5.89. The number of hydrogen-bond acceptors (Lipinski definition) is 2. The van der Waals surface area contributed by atoms with Crippen LogP contribution >= 0.6 is 11.6 Å². The summed E-state index contributed by atoms with van der Waals surface area (Å²) in [5.41, 5.74) is 1.41. The van der Waals surface area contributed by atoms with Gasteiger partial charge < -0.3 is 10.6 Å². The average molecular weight is 461 g/mol. The number of alkyl halides is 3. The summed E-state index contributed by atoms with van der Waals surface area (Å²) in [7, 11) is 0. The van der Waals surface area contributed by atoms with E-state index in [0.717, 1.165) is 17.7 Å². The van der Waals surface area contributed by atoms with Crippen LogP contribution in [0.15, 0.2) is 72.8 Å². The summed E-state index contributed by atoms with van der Waals surface area (Å²) in [6, 6.07) is 18.3. The van der Waals surface area contributed by atoms with Gasteiger partial charge in [-0.15, -0.1) is 0 Å². The zero-order valence-corrected chi connectivity index (χ0v) is 17.6. The zero-order valence-electron chi connectivity index (χ0n) is 16.9. The average Bonchev–Trinajstić information content (AvgIpc) is 2.76. The number of rotatable bonds is 7. The van der Waals surface area contributed by atoms with E-state index in [-0.39, 0.29) is 31.3 Å². The van der Waals surface area contributed by atoms with E-state index in [2.05, 4.69) is 10.6 Å². The third-order valence-corrected chi connectivity index (χ3v) is 4.89. The van der Waals surface area contributed by atoms with Crippen LogP contribution in [0.4, 0.5) is 13.2 Å². The highest BCUT2D eigenvalue weighted by Gasteiger charge is 2.30. The smallest absolute Gasteiger partial charge is 0.354 e. The first-order chi connectivity index (χ1) is 15.2. The van der Waals surface area contributed by atoms with Crippen LogP contribution in [0.25, 0.3) is 11.1 Å². The maximum absolute atomic E-state index is 12.9. The molecule has 0 fully saturated rings. The monoisotopic (exact) mass is 460 g/mol. The van der Waals surface area contributed by atoms with E-state index in [1.807, 2.05) is 0 Å². The van der Waals surface area contributed by atoms with Crippen LogP contribution < -0.4 is 10.6 Å². The van der Waals surface area contributed by atoms with Gasteiger partial charge in [0, 0.05) is 23.7 Å². The molecule has 0 unspecified atom stereocenters. The molecular formula is C24H20ClF3N2O2. The van der Waals surface area contributed by atoms with Gasteiger partial charge in [-0.1, -0.05) is 48.0 Å². The Bertz CT molecular complexity index is 1100. The van der Waals surface area contributed by atoms with Crippen molar-refractivity contribution in [2.75, 3.05) is 13.1 Å². The standard InChI is InChI=1S/C24H20ClF3N2O2/c25-21-6-1-3-16(13-21)14-22(31)29-11-12-30-23(32)18-9-7-17(8-10-18)19-4-2-5-20(15-19)24(26,27)28/h1-10,13,15H,11-12,14H2,(H,29,31)(H,30,32). The normalized spacial score (nSPS) is 11.1. The molecule has 0 aromatic heterocycles. The Hall–Kier alpha value is -3.32. The fourth-order valence-electron chi connectivity index (χ4n) is 3.06. The lowest BCUT2D eigenvalue weighted by atomic mass is 10.0. The summed E-state index contributed by atoms with van der Waals surface area (Å²) < 4.78 is 38.7. The molecule has 0 radical (unpaired) electrons. The predicted octanol–water partition coefficient (Wildman–Crippen LogP) is 5.11. The highest BCUT2D eigenvalue weighted by Crippen LogP contribution is 2.32. The lowest BCUT2D eigenvalue weighted by molar-refractivity contribution is -0.137. The SMILES string of the molecule is O=C(Cc1cccc(Cl)c1)NCCNC(=O)c1ccc(-c2cccc(C(F)(F)F)c2)cc1. The van der Waals surface area contributed by atoms with Crippen molar-refractivity contribution in [3.63, 3.8) is 0 Å². The van der Waals surface area contributed by atoms with Gasteiger partial charge in [0.2, 0.25) is 5.91 Å². The molecule has 2 N–H and O–H groups in total. The van der Waals surface area contributed by atoms with E-state index in [9.17, 15) is 22.8 Å². The molecule has 3 rings (SSSR count). The van der Waals surface area contributed by atoms with Crippen LogP contribution in [-0.4, -0.2) is 24.9 Å². The van der Waals surface area contributed by atoms with Crippen molar-refractivity contribution < 1.29 is 22.8 Å². The largest absolute Gasteiger partial charge is 0.416 e. The zero-order chi connectivity index (χ0) is 23.1. The van der Waals surface area contributed by atoms with Gasteiger partial charge in [0.25, 0.3) is 5.91 Å². The number of nitrogens with one attached hydrogen (secondary N) is 2. The van der Waals surface area contributed by atoms with E-state index >= 15 is 0 Å². The number of hydrogen-bond donors (Lipinski definition) is 2. The molecule has 8 heteroatoms. The molecule has 0 aliphatic rings. The van der Waals surface area contributed by atoms with Gasteiger partial charge in [-0.3, -0.25) is 9.59 Å². The van der Waals surface area contributed by atoms with Crippen LogP contribution in [0.1, 0.15) is 21.5 Å². The molecule has 3 aromatic carbocycles. The van der Waals surface area contributed by atoms with Crippen molar-refractivity contribution >= 4 is 23.4 Å². The molecule has 3 aromatic rings. The van der Waals surface area contributed by atoms with Crippen LogP contribution in [0, 0.1) is 0 Å². The molecule has 32 heavy (non-hydrogen) atoms. The van der Waals surface area contributed by atoms with Gasteiger partial charge >= 0.3 is 6.18 Å². The van der Waals surface area contributed by atoms with Crippen LogP contribution in [0.2, 0.25) is 5.02 Å². The minimum atomic E-state index is -4.42. The quantitative estimate of drug-likeness (QED) is 0.481. The fraction of sp³-hybridized carbons (Fsp3) is 0.167. The Labute approximate surface area is 188 Å².